The van der Waals surface area contributed by atoms with Crippen molar-refractivity contribution in [1.82, 2.24) is 4.90 Å². The van der Waals surface area contributed by atoms with Crippen molar-refractivity contribution < 1.29 is 0 Å². The van der Waals surface area contributed by atoms with Gasteiger partial charge in [-0.25, -0.2) is 0 Å². The van der Waals surface area contributed by atoms with E-state index in [0.29, 0.717) is 12.0 Å². The van der Waals surface area contributed by atoms with Crippen molar-refractivity contribution in [3.63, 3.8) is 0 Å². The summed E-state index contributed by atoms with van der Waals surface area (Å²) in [5.41, 5.74) is 5.80. The zero-order valence-corrected chi connectivity index (χ0v) is 9.46. The Hall–Kier alpha value is -0.0800. The summed E-state index contributed by atoms with van der Waals surface area (Å²) in [5.74, 6) is 2.36. The van der Waals surface area contributed by atoms with Gasteiger partial charge in [0.05, 0.1) is 0 Å². The van der Waals surface area contributed by atoms with Crippen LogP contribution in [-0.4, -0.2) is 30.6 Å². The Balaban J connectivity index is 2.52. The minimum absolute atomic E-state index is 0.590. The minimum atomic E-state index is 0.590. The van der Waals surface area contributed by atoms with Crippen molar-refractivity contribution in [3.05, 3.63) is 0 Å². The van der Waals surface area contributed by atoms with E-state index in [1.165, 1.54) is 13.1 Å². The van der Waals surface area contributed by atoms with Crippen molar-refractivity contribution in [2.75, 3.05) is 19.6 Å². The van der Waals surface area contributed by atoms with Crippen molar-refractivity contribution in [2.24, 2.45) is 23.5 Å². The molecule has 1 aliphatic rings. The van der Waals surface area contributed by atoms with Gasteiger partial charge in [-0.05, 0) is 17.8 Å². The zero-order valence-electron chi connectivity index (χ0n) is 9.46. The lowest BCUT2D eigenvalue weighted by atomic mass is 10.0. The maximum Gasteiger partial charge on any atom is 0.0241 e. The third-order valence-corrected chi connectivity index (χ3v) is 3.50. The monoisotopic (exact) mass is 184 g/mol. The number of hydrogen-bond acceptors (Lipinski definition) is 2. The first-order valence-corrected chi connectivity index (χ1v) is 5.50. The van der Waals surface area contributed by atoms with Crippen LogP contribution in [0.1, 0.15) is 27.7 Å². The Labute approximate surface area is 82.5 Å². The molecular formula is C11H24N2. The standard InChI is InChI=1S/C11H24N2/c1-8(2)11(5-12)13-6-9(3)10(4)7-13/h8-11H,5-7,12H2,1-4H3. The highest BCUT2D eigenvalue weighted by molar-refractivity contribution is 4.85. The molecule has 0 spiro atoms. The molecule has 0 bridgehead atoms. The van der Waals surface area contributed by atoms with Gasteiger partial charge >= 0.3 is 0 Å². The van der Waals surface area contributed by atoms with Crippen LogP contribution in [0.15, 0.2) is 0 Å². The Morgan fingerprint density at radius 2 is 1.69 bits per heavy atom. The quantitative estimate of drug-likeness (QED) is 0.721. The van der Waals surface area contributed by atoms with E-state index in [1.54, 1.807) is 0 Å². The Morgan fingerprint density at radius 3 is 2.00 bits per heavy atom. The summed E-state index contributed by atoms with van der Waals surface area (Å²) < 4.78 is 0. The summed E-state index contributed by atoms with van der Waals surface area (Å²) in [5, 5.41) is 0. The van der Waals surface area contributed by atoms with Crippen LogP contribution in [0.25, 0.3) is 0 Å². The Bertz CT molecular complexity index is 146. The van der Waals surface area contributed by atoms with E-state index in [9.17, 15) is 0 Å². The van der Waals surface area contributed by atoms with Crippen LogP contribution >= 0.6 is 0 Å². The third kappa shape index (κ3) is 2.44. The van der Waals surface area contributed by atoms with Gasteiger partial charge in [-0.2, -0.15) is 0 Å². The van der Waals surface area contributed by atoms with Crippen LogP contribution in [0.3, 0.4) is 0 Å². The zero-order chi connectivity index (χ0) is 10.0. The van der Waals surface area contributed by atoms with Gasteiger partial charge in [0, 0.05) is 25.7 Å². The number of likely N-dealkylation sites (tertiary alicyclic amines) is 1. The topological polar surface area (TPSA) is 29.3 Å². The molecule has 0 aliphatic carbocycles. The van der Waals surface area contributed by atoms with Crippen molar-refractivity contribution in [3.8, 4) is 0 Å². The first kappa shape index (κ1) is 11.0. The molecule has 0 radical (unpaired) electrons. The first-order valence-electron chi connectivity index (χ1n) is 5.50. The molecule has 2 nitrogen and oxygen atoms in total. The van der Waals surface area contributed by atoms with Gasteiger partial charge in [0.15, 0.2) is 0 Å². The second-order valence-corrected chi connectivity index (χ2v) is 4.96. The summed E-state index contributed by atoms with van der Waals surface area (Å²) in [7, 11) is 0. The van der Waals surface area contributed by atoms with Crippen LogP contribution in [0.4, 0.5) is 0 Å². The lowest BCUT2D eigenvalue weighted by molar-refractivity contribution is 0.189. The summed E-state index contributed by atoms with van der Waals surface area (Å²) in [6.45, 7) is 12.5. The van der Waals surface area contributed by atoms with Crippen molar-refractivity contribution in [1.29, 1.82) is 0 Å². The maximum atomic E-state index is 5.80. The van der Waals surface area contributed by atoms with Crippen LogP contribution in [0.5, 0.6) is 0 Å². The highest BCUT2D eigenvalue weighted by Gasteiger charge is 2.31. The molecule has 0 amide bonds. The Kier molecular flexibility index (Phi) is 3.74. The van der Waals surface area contributed by atoms with Crippen LogP contribution in [-0.2, 0) is 0 Å². The second kappa shape index (κ2) is 4.43. The van der Waals surface area contributed by atoms with Crippen LogP contribution < -0.4 is 5.73 Å². The minimum Gasteiger partial charge on any atom is -0.329 e. The molecule has 2 heteroatoms. The molecule has 0 aromatic carbocycles. The number of rotatable bonds is 3. The van der Waals surface area contributed by atoms with Crippen LogP contribution in [0.2, 0.25) is 0 Å². The van der Waals surface area contributed by atoms with Gasteiger partial charge < -0.3 is 5.73 Å². The largest absolute Gasteiger partial charge is 0.329 e. The number of nitrogens with two attached hydrogens (primary N) is 1. The number of hydrogen-bond donors (Lipinski definition) is 1. The fraction of sp³-hybridized carbons (Fsp3) is 1.00. The molecule has 1 rings (SSSR count). The van der Waals surface area contributed by atoms with Crippen LogP contribution in [0, 0.1) is 17.8 Å². The fourth-order valence-electron chi connectivity index (χ4n) is 2.29. The molecule has 2 N–H and O–H groups in total. The molecule has 0 aromatic heterocycles. The second-order valence-electron chi connectivity index (χ2n) is 4.96. The van der Waals surface area contributed by atoms with Gasteiger partial charge in [0.25, 0.3) is 0 Å². The van der Waals surface area contributed by atoms with E-state index in [-0.39, 0.29) is 0 Å². The van der Waals surface area contributed by atoms with Gasteiger partial charge in [-0.15, -0.1) is 0 Å². The van der Waals surface area contributed by atoms with Gasteiger partial charge in [0.2, 0.25) is 0 Å². The molecule has 1 heterocycles. The normalized spacial score (nSPS) is 32.8. The van der Waals surface area contributed by atoms with E-state index in [2.05, 4.69) is 32.6 Å². The Morgan fingerprint density at radius 1 is 1.23 bits per heavy atom. The average Bonchev–Trinajstić information content (AvgIpc) is 2.32. The molecule has 3 unspecified atom stereocenters. The van der Waals surface area contributed by atoms with Crippen molar-refractivity contribution in [2.45, 2.75) is 33.7 Å². The number of nitrogens with zero attached hydrogens (tertiary/aromatic N) is 1. The molecule has 13 heavy (non-hydrogen) atoms. The molecular weight excluding hydrogens is 160 g/mol. The van der Waals surface area contributed by atoms with Gasteiger partial charge in [-0.1, -0.05) is 27.7 Å². The molecule has 1 aliphatic heterocycles. The lowest BCUT2D eigenvalue weighted by Gasteiger charge is -2.29. The van der Waals surface area contributed by atoms with E-state index in [1.807, 2.05) is 0 Å². The fourth-order valence-corrected chi connectivity index (χ4v) is 2.29. The molecule has 3 atom stereocenters. The summed E-state index contributed by atoms with van der Waals surface area (Å²) in [6, 6.07) is 0.590. The lowest BCUT2D eigenvalue weighted by Crippen LogP contribution is -2.42. The van der Waals surface area contributed by atoms with Gasteiger partial charge in [-0.3, -0.25) is 4.90 Å². The predicted molar refractivity (Wildman–Crippen MR) is 57.6 cm³/mol. The summed E-state index contributed by atoms with van der Waals surface area (Å²) >= 11 is 0. The molecule has 0 aromatic rings. The third-order valence-electron chi connectivity index (χ3n) is 3.50. The molecule has 1 saturated heterocycles. The smallest absolute Gasteiger partial charge is 0.0241 e. The SMILES string of the molecule is CC(C)C(CN)N1CC(C)C(C)C1. The van der Waals surface area contributed by atoms with Crippen molar-refractivity contribution >= 4 is 0 Å². The van der Waals surface area contributed by atoms with E-state index in [0.717, 1.165) is 18.4 Å². The highest BCUT2D eigenvalue weighted by atomic mass is 15.2. The predicted octanol–water partition coefficient (Wildman–Crippen LogP) is 1.56. The van der Waals surface area contributed by atoms with E-state index >= 15 is 0 Å². The highest BCUT2D eigenvalue weighted by Crippen LogP contribution is 2.25. The molecule has 1 fully saturated rings. The summed E-state index contributed by atoms with van der Waals surface area (Å²) in [6.07, 6.45) is 0. The van der Waals surface area contributed by atoms with E-state index < -0.39 is 0 Å². The average molecular weight is 184 g/mol. The van der Waals surface area contributed by atoms with E-state index in [4.69, 9.17) is 5.73 Å². The first-order chi connectivity index (χ1) is 6.06. The summed E-state index contributed by atoms with van der Waals surface area (Å²) in [4.78, 5) is 2.57. The molecule has 0 saturated carbocycles. The maximum absolute atomic E-state index is 5.80. The van der Waals surface area contributed by atoms with Gasteiger partial charge in [0.1, 0.15) is 0 Å². The molecule has 78 valence electrons.